The average molecular weight is 270 g/mol. The molecular formula is C10H17F3N2OS. The molecule has 1 unspecified atom stereocenters. The summed E-state index contributed by atoms with van der Waals surface area (Å²) in [6.07, 6.45) is -4.17. The maximum Gasteiger partial charge on any atom is 0.389 e. The molecule has 0 aromatic rings. The molecule has 7 heteroatoms. The monoisotopic (exact) mass is 270 g/mol. The Kier molecular flexibility index (Phi) is 7.10. The number of alkyl halides is 3. The molecule has 3 N–H and O–H groups in total. The van der Waals surface area contributed by atoms with E-state index in [1.54, 1.807) is 6.92 Å². The van der Waals surface area contributed by atoms with Crippen molar-refractivity contribution < 1.29 is 18.0 Å². The molecule has 100 valence electrons. The Morgan fingerprint density at radius 3 is 2.41 bits per heavy atom. The zero-order valence-electron chi connectivity index (χ0n) is 9.64. The molecule has 0 aliphatic carbocycles. The highest BCUT2D eigenvalue weighted by Gasteiger charge is 2.26. The number of carbonyl (C=O) groups excluding carboxylic acids is 1. The fourth-order valence-corrected chi connectivity index (χ4v) is 1.57. The van der Waals surface area contributed by atoms with Gasteiger partial charge in [-0.2, -0.15) is 13.2 Å². The van der Waals surface area contributed by atoms with Gasteiger partial charge in [0, 0.05) is 13.0 Å². The highest BCUT2D eigenvalue weighted by Crippen LogP contribution is 2.21. The Bertz CT molecular complexity index is 269. The summed E-state index contributed by atoms with van der Waals surface area (Å²) in [5.74, 6) is -0.848. The third-order valence-corrected chi connectivity index (χ3v) is 2.54. The number of unbranched alkanes of at least 4 members (excludes halogenated alkanes) is 1. The van der Waals surface area contributed by atoms with E-state index in [4.69, 9.17) is 18.0 Å². The van der Waals surface area contributed by atoms with E-state index < -0.39 is 18.5 Å². The van der Waals surface area contributed by atoms with Gasteiger partial charge in [0.15, 0.2) is 0 Å². The number of carbonyl (C=O) groups is 1. The van der Waals surface area contributed by atoms with Crippen molar-refractivity contribution >= 4 is 23.1 Å². The second-order valence-corrected chi connectivity index (χ2v) is 4.20. The number of rotatable bonds is 7. The lowest BCUT2D eigenvalue weighted by atomic mass is 10.1. The van der Waals surface area contributed by atoms with Crippen LogP contribution >= 0.6 is 12.2 Å². The standard InChI is InChI=1S/C10H17F3N2OS/c1-2-7(8(14)17)9(16)15-6-4-3-5-10(11,12)13/h7H,2-6H2,1H3,(H2,14,17)(H,15,16). The summed E-state index contributed by atoms with van der Waals surface area (Å²) in [4.78, 5) is 11.6. The molecule has 1 atom stereocenters. The minimum atomic E-state index is -4.13. The predicted molar refractivity (Wildman–Crippen MR) is 63.5 cm³/mol. The third kappa shape index (κ3) is 7.95. The summed E-state index contributed by atoms with van der Waals surface area (Å²) >= 11 is 4.71. The fourth-order valence-electron chi connectivity index (χ4n) is 1.30. The summed E-state index contributed by atoms with van der Waals surface area (Å²) < 4.78 is 35.4. The van der Waals surface area contributed by atoms with Crippen LogP contribution in [-0.4, -0.2) is 23.6 Å². The Hall–Kier alpha value is -0.850. The van der Waals surface area contributed by atoms with Crippen molar-refractivity contribution in [3.8, 4) is 0 Å². The smallest absolute Gasteiger partial charge is 0.389 e. The van der Waals surface area contributed by atoms with Crippen LogP contribution in [0.2, 0.25) is 0 Å². The van der Waals surface area contributed by atoms with E-state index in [0.717, 1.165) is 0 Å². The first-order valence-electron chi connectivity index (χ1n) is 5.41. The Balaban J connectivity index is 3.75. The molecule has 0 bridgehead atoms. The maximum absolute atomic E-state index is 11.8. The minimum absolute atomic E-state index is 0.00758. The lowest BCUT2D eigenvalue weighted by Crippen LogP contribution is -2.37. The van der Waals surface area contributed by atoms with Crippen LogP contribution in [0.25, 0.3) is 0 Å². The van der Waals surface area contributed by atoms with Crippen molar-refractivity contribution in [3.05, 3.63) is 0 Å². The van der Waals surface area contributed by atoms with Crippen molar-refractivity contribution in [1.29, 1.82) is 0 Å². The Labute approximate surface area is 104 Å². The van der Waals surface area contributed by atoms with Crippen LogP contribution in [-0.2, 0) is 4.79 Å². The van der Waals surface area contributed by atoms with E-state index in [0.29, 0.717) is 12.8 Å². The van der Waals surface area contributed by atoms with Gasteiger partial charge in [-0.25, -0.2) is 0 Å². The summed E-state index contributed by atoms with van der Waals surface area (Å²) in [7, 11) is 0. The van der Waals surface area contributed by atoms with Gasteiger partial charge in [0.05, 0.1) is 10.9 Å². The molecule has 0 saturated heterocycles. The van der Waals surface area contributed by atoms with Gasteiger partial charge in [0.2, 0.25) is 5.91 Å². The van der Waals surface area contributed by atoms with Gasteiger partial charge in [-0.3, -0.25) is 4.79 Å². The molecule has 0 saturated carbocycles. The lowest BCUT2D eigenvalue weighted by molar-refractivity contribution is -0.135. The van der Waals surface area contributed by atoms with Crippen LogP contribution in [0.4, 0.5) is 13.2 Å². The van der Waals surface area contributed by atoms with Crippen LogP contribution in [0.5, 0.6) is 0 Å². The number of nitrogens with two attached hydrogens (primary N) is 1. The normalized spacial score (nSPS) is 13.2. The molecule has 17 heavy (non-hydrogen) atoms. The zero-order valence-corrected chi connectivity index (χ0v) is 10.5. The summed E-state index contributed by atoms with van der Waals surface area (Å²) in [5.41, 5.74) is 5.36. The molecule has 0 fully saturated rings. The molecule has 0 heterocycles. The van der Waals surface area contributed by atoms with Gasteiger partial charge < -0.3 is 11.1 Å². The third-order valence-electron chi connectivity index (χ3n) is 2.25. The first-order chi connectivity index (χ1) is 7.78. The van der Waals surface area contributed by atoms with E-state index in [1.165, 1.54) is 0 Å². The number of thiocarbonyl (C=S) groups is 1. The average Bonchev–Trinajstić information content (AvgIpc) is 2.15. The second-order valence-electron chi connectivity index (χ2n) is 3.73. The maximum atomic E-state index is 11.8. The molecule has 1 amide bonds. The van der Waals surface area contributed by atoms with Gasteiger partial charge in [-0.05, 0) is 19.3 Å². The summed E-state index contributed by atoms with van der Waals surface area (Å²) in [6, 6.07) is 0. The first kappa shape index (κ1) is 16.1. The highest BCUT2D eigenvalue weighted by molar-refractivity contribution is 7.80. The van der Waals surface area contributed by atoms with Gasteiger partial charge in [-0.1, -0.05) is 19.1 Å². The van der Waals surface area contributed by atoms with E-state index in [9.17, 15) is 18.0 Å². The molecule has 0 aromatic heterocycles. The summed E-state index contributed by atoms with van der Waals surface area (Å²) in [6.45, 7) is 1.99. The van der Waals surface area contributed by atoms with Crippen molar-refractivity contribution in [1.82, 2.24) is 5.32 Å². The highest BCUT2D eigenvalue weighted by atomic mass is 32.1. The Morgan fingerprint density at radius 2 is 2.00 bits per heavy atom. The van der Waals surface area contributed by atoms with Crippen LogP contribution in [0.15, 0.2) is 0 Å². The number of halogens is 3. The second kappa shape index (κ2) is 7.47. The topological polar surface area (TPSA) is 55.1 Å². The Morgan fingerprint density at radius 1 is 1.41 bits per heavy atom. The zero-order chi connectivity index (χ0) is 13.5. The number of hydrogen-bond acceptors (Lipinski definition) is 2. The molecule has 0 radical (unpaired) electrons. The molecule has 3 nitrogen and oxygen atoms in total. The summed E-state index contributed by atoms with van der Waals surface area (Å²) in [5, 5.41) is 2.53. The number of amides is 1. The molecule has 0 rings (SSSR count). The lowest BCUT2D eigenvalue weighted by Gasteiger charge is -2.13. The molecule has 0 aliphatic rings. The largest absolute Gasteiger partial charge is 0.393 e. The fraction of sp³-hybridized carbons (Fsp3) is 0.800. The van der Waals surface area contributed by atoms with Gasteiger partial charge in [0.25, 0.3) is 0 Å². The van der Waals surface area contributed by atoms with E-state index >= 15 is 0 Å². The molecule has 0 aromatic carbocycles. The van der Waals surface area contributed by atoms with Crippen LogP contribution in [0.1, 0.15) is 32.6 Å². The van der Waals surface area contributed by atoms with Crippen molar-refractivity contribution in [3.63, 3.8) is 0 Å². The van der Waals surface area contributed by atoms with E-state index in [1.807, 2.05) is 0 Å². The van der Waals surface area contributed by atoms with Crippen LogP contribution in [0, 0.1) is 5.92 Å². The van der Waals surface area contributed by atoms with Gasteiger partial charge in [0.1, 0.15) is 0 Å². The van der Waals surface area contributed by atoms with Crippen molar-refractivity contribution in [2.24, 2.45) is 11.7 Å². The van der Waals surface area contributed by atoms with Gasteiger partial charge >= 0.3 is 6.18 Å². The molecule has 0 aliphatic heterocycles. The molecule has 0 spiro atoms. The quantitative estimate of drug-likeness (QED) is 0.550. The van der Waals surface area contributed by atoms with E-state index in [2.05, 4.69) is 5.32 Å². The van der Waals surface area contributed by atoms with Crippen LogP contribution in [0.3, 0.4) is 0 Å². The predicted octanol–water partition coefficient (Wildman–Crippen LogP) is 2.15. The SMILES string of the molecule is CCC(C(=O)NCCCCC(F)(F)F)C(N)=S. The van der Waals surface area contributed by atoms with Crippen molar-refractivity contribution in [2.75, 3.05) is 6.54 Å². The van der Waals surface area contributed by atoms with Crippen LogP contribution < -0.4 is 11.1 Å². The van der Waals surface area contributed by atoms with E-state index in [-0.39, 0.29) is 23.9 Å². The van der Waals surface area contributed by atoms with Gasteiger partial charge in [-0.15, -0.1) is 0 Å². The number of nitrogens with one attached hydrogen (secondary N) is 1. The number of hydrogen-bond donors (Lipinski definition) is 2. The molecular weight excluding hydrogens is 253 g/mol. The first-order valence-corrected chi connectivity index (χ1v) is 5.82. The van der Waals surface area contributed by atoms with Crippen molar-refractivity contribution in [2.45, 2.75) is 38.8 Å². The minimum Gasteiger partial charge on any atom is -0.393 e.